The maximum atomic E-state index is 13.5. The normalized spacial score (nSPS) is 12.7. The van der Waals surface area contributed by atoms with E-state index in [1.807, 2.05) is 32.0 Å². The number of nitrogens with zero attached hydrogens (tertiary/aromatic N) is 1. The summed E-state index contributed by atoms with van der Waals surface area (Å²) in [5.74, 6) is -0.382. The van der Waals surface area contributed by atoms with E-state index >= 15 is 0 Å². The maximum absolute atomic E-state index is 13.5. The molecule has 5 nitrogen and oxygen atoms in total. The lowest BCUT2D eigenvalue weighted by molar-refractivity contribution is -0.120. The van der Waals surface area contributed by atoms with Crippen molar-refractivity contribution in [2.24, 2.45) is 0 Å². The van der Waals surface area contributed by atoms with Gasteiger partial charge in [0, 0.05) is 11.1 Å². The van der Waals surface area contributed by atoms with Gasteiger partial charge in [-0.15, -0.1) is 0 Å². The molecular weight excluding hydrogens is 468 g/mol. The first-order chi connectivity index (χ1) is 16.0. The van der Waals surface area contributed by atoms with Crippen LogP contribution in [0.3, 0.4) is 0 Å². The van der Waals surface area contributed by atoms with E-state index in [-0.39, 0.29) is 28.8 Å². The molecule has 0 aliphatic carbocycles. The highest BCUT2D eigenvalue weighted by Gasteiger charge is 2.29. The van der Waals surface area contributed by atoms with Crippen LogP contribution in [0.25, 0.3) is 0 Å². The molecule has 180 valence electrons. The minimum atomic E-state index is -3.98. The third kappa shape index (κ3) is 6.19. The van der Waals surface area contributed by atoms with Crippen molar-refractivity contribution in [1.29, 1.82) is 0 Å². The standard InChI is InChI=1S/C27H31ClN2O3S/c1-20-15-16-23(17-25(20)28)30(34(32,33)24-13-9-6-10-14-24)19-26(31)29-21(2)18-27(3,4)22-11-7-5-8-12-22/h5-17,21H,18-19H2,1-4H3,(H,29,31). The van der Waals surface area contributed by atoms with Crippen LogP contribution in [-0.4, -0.2) is 26.9 Å². The molecule has 0 aliphatic heterocycles. The lowest BCUT2D eigenvalue weighted by Gasteiger charge is -2.30. The second-order valence-electron chi connectivity index (χ2n) is 9.18. The topological polar surface area (TPSA) is 66.5 Å². The summed E-state index contributed by atoms with van der Waals surface area (Å²) in [5.41, 5.74) is 2.18. The summed E-state index contributed by atoms with van der Waals surface area (Å²) in [5, 5.41) is 3.41. The Balaban J connectivity index is 1.82. The van der Waals surface area contributed by atoms with Crippen molar-refractivity contribution in [3.05, 3.63) is 95.0 Å². The molecule has 34 heavy (non-hydrogen) atoms. The highest BCUT2D eigenvalue weighted by Crippen LogP contribution is 2.29. The van der Waals surface area contributed by atoms with Gasteiger partial charge in [-0.05, 0) is 61.1 Å². The monoisotopic (exact) mass is 498 g/mol. The van der Waals surface area contributed by atoms with Crippen molar-refractivity contribution in [1.82, 2.24) is 5.32 Å². The first kappa shape index (κ1) is 25.8. The molecule has 0 saturated heterocycles. The Morgan fingerprint density at radius 2 is 1.59 bits per heavy atom. The Bertz CT molecular complexity index is 1230. The average molecular weight is 499 g/mol. The molecule has 0 aliphatic rings. The van der Waals surface area contributed by atoms with Crippen molar-refractivity contribution in [2.75, 3.05) is 10.8 Å². The summed E-state index contributed by atoms with van der Waals surface area (Å²) in [4.78, 5) is 13.1. The molecule has 0 spiro atoms. The highest BCUT2D eigenvalue weighted by molar-refractivity contribution is 7.92. The number of halogens is 1. The van der Waals surface area contributed by atoms with Crippen LogP contribution in [0.1, 0.15) is 38.3 Å². The van der Waals surface area contributed by atoms with Crippen LogP contribution in [0.5, 0.6) is 0 Å². The second kappa shape index (κ2) is 10.6. The van der Waals surface area contributed by atoms with E-state index in [0.29, 0.717) is 17.1 Å². The Kier molecular flexibility index (Phi) is 8.05. The van der Waals surface area contributed by atoms with Crippen LogP contribution in [0.4, 0.5) is 5.69 Å². The molecule has 1 unspecified atom stereocenters. The average Bonchev–Trinajstić information content (AvgIpc) is 2.80. The molecule has 0 heterocycles. The van der Waals surface area contributed by atoms with E-state index in [1.165, 1.54) is 17.7 Å². The number of hydrogen-bond donors (Lipinski definition) is 1. The van der Waals surface area contributed by atoms with E-state index < -0.39 is 10.0 Å². The van der Waals surface area contributed by atoms with Gasteiger partial charge in [-0.2, -0.15) is 0 Å². The summed E-state index contributed by atoms with van der Waals surface area (Å²) < 4.78 is 28.0. The van der Waals surface area contributed by atoms with Gasteiger partial charge in [0.1, 0.15) is 6.54 Å². The Morgan fingerprint density at radius 1 is 1.00 bits per heavy atom. The van der Waals surface area contributed by atoms with Gasteiger partial charge in [0.05, 0.1) is 10.6 Å². The summed E-state index contributed by atoms with van der Waals surface area (Å²) in [6.45, 7) is 7.68. The molecule has 0 saturated carbocycles. The number of carbonyl (C=O) groups is 1. The quantitative estimate of drug-likeness (QED) is 0.410. The molecule has 7 heteroatoms. The largest absolute Gasteiger partial charge is 0.352 e. The molecule has 1 atom stereocenters. The summed E-state index contributed by atoms with van der Waals surface area (Å²) in [6.07, 6.45) is 0.699. The van der Waals surface area contributed by atoms with Gasteiger partial charge in [0.2, 0.25) is 5.91 Å². The summed E-state index contributed by atoms with van der Waals surface area (Å²) in [7, 11) is -3.98. The Hall–Kier alpha value is -2.83. The molecule has 0 radical (unpaired) electrons. The zero-order valence-corrected chi connectivity index (χ0v) is 21.5. The fourth-order valence-corrected chi connectivity index (χ4v) is 5.65. The number of rotatable bonds is 9. The maximum Gasteiger partial charge on any atom is 0.264 e. The smallest absolute Gasteiger partial charge is 0.264 e. The molecule has 3 rings (SSSR count). The van der Waals surface area contributed by atoms with Crippen molar-refractivity contribution >= 4 is 33.2 Å². The van der Waals surface area contributed by atoms with Crippen LogP contribution in [0.2, 0.25) is 5.02 Å². The van der Waals surface area contributed by atoms with Gasteiger partial charge in [-0.1, -0.05) is 80.0 Å². The minimum absolute atomic E-state index is 0.109. The zero-order valence-electron chi connectivity index (χ0n) is 20.0. The molecule has 3 aromatic carbocycles. The first-order valence-corrected chi connectivity index (χ1v) is 13.0. The Labute approximate surface area is 207 Å². The van der Waals surface area contributed by atoms with Gasteiger partial charge < -0.3 is 5.32 Å². The molecule has 0 fully saturated rings. The van der Waals surface area contributed by atoms with Gasteiger partial charge in [-0.25, -0.2) is 8.42 Å². The molecule has 3 aromatic rings. The van der Waals surface area contributed by atoms with E-state index in [2.05, 4.69) is 31.3 Å². The predicted molar refractivity (Wildman–Crippen MR) is 139 cm³/mol. The van der Waals surface area contributed by atoms with Gasteiger partial charge in [0.15, 0.2) is 0 Å². The molecule has 0 bridgehead atoms. The fourth-order valence-electron chi connectivity index (χ4n) is 4.05. The predicted octanol–water partition coefficient (Wildman–Crippen LogP) is 5.72. The Morgan fingerprint density at radius 3 is 2.18 bits per heavy atom. The summed E-state index contributed by atoms with van der Waals surface area (Å²) >= 11 is 6.28. The van der Waals surface area contributed by atoms with Crippen LogP contribution >= 0.6 is 11.6 Å². The van der Waals surface area contributed by atoms with E-state index in [0.717, 1.165) is 9.87 Å². The van der Waals surface area contributed by atoms with E-state index in [1.54, 1.807) is 36.4 Å². The van der Waals surface area contributed by atoms with Crippen LogP contribution < -0.4 is 9.62 Å². The third-order valence-electron chi connectivity index (χ3n) is 5.84. The lowest BCUT2D eigenvalue weighted by atomic mass is 9.79. The SMILES string of the molecule is Cc1ccc(N(CC(=O)NC(C)CC(C)(C)c2ccccc2)S(=O)(=O)c2ccccc2)cc1Cl. The third-order valence-corrected chi connectivity index (χ3v) is 8.04. The van der Waals surface area contributed by atoms with Crippen LogP contribution in [0.15, 0.2) is 83.8 Å². The molecule has 1 N–H and O–H groups in total. The van der Waals surface area contributed by atoms with Crippen molar-refractivity contribution < 1.29 is 13.2 Å². The van der Waals surface area contributed by atoms with Crippen LogP contribution in [-0.2, 0) is 20.2 Å². The van der Waals surface area contributed by atoms with Gasteiger partial charge in [0.25, 0.3) is 10.0 Å². The summed E-state index contributed by atoms with van der Waals surface area (Å²) in [6, 6.07) is 23.0. The van der Waals surface area contributed by atoms with Crippen molar-refractivity contribution in [2.45, 2.75) is 50.5 Å². The second-order valence-corrected chi connectivity index (χ2v) is 11.5. The van der Waals surface area contributed by atoms with Crippen molar-refractivity contribution in [3.8, 4) is 0 Å². The minimum Gasteiger partial charge on any atom is -0.352 e. The number of carbonyl (C=O) groups excluding carboxylic acids is 1. The van der Waals surface area contributed by atoms with E-state index in [4.69, 9.17) is 11.6 Å². The number of sulfonamides is 1. The van der Waals surface area contributed by atoms with Crippen molar-refractivity contribution in [3.63, 3.8) is 0 Å². The number of anilines is 1. The molecule has 0 aromatic heterocycles. The number of amides is 1. The number of nitrogens with one attached hydrogen (secondary N) is 1. The van der Waals surface area contributed by atoms with Gasteiger partial charge in [-0.3, -0.25) is 9.10 Å². The fraction of sp³-hybridized carbons (Fsp3) is 0.296. The first-order valence-electron chi connectivity index (χ1n) is 11.2. The number of benzene rings is 3. The lowest BCUT2D eigenvalue weighted by Crippen LogP contribution is -2.45. The van der Waals surface area contributed by atoms with E-state index in [9.17, 15) is 13.2 Å². The number of aryl methyl sites for hydroxylation is 1. The molecule has 1 amide bonds. The molecular formula is C27H31ClN2O3S. The highest BCUT2D eigenvalue weighted by atomic mass is 35.5. The number of hydrogen-bond acceptors (Lipinski definition) is 3. The van der Waals surface area contributed by atoms with Crippen LogP contribution in [0, 0.1) is 6.92 Å². The van der Waals surface area contributed by atoms with Gasteiger partial charge >= 0.3 is 0 Å². The zero-order chi connectivity index (χ0) is 24.9.